The Morgan fingerprint density at radius 1 is 0.906 bits per heavy atom. The molecule has 1 aliphatic carbocycles. The molecule has 1 unspecified atom stereocenters. The fraction of sp³-hybridized carbons (Fsp3) is 0.667. The second kappa shape index (κ2) is 10.6. The van der Waals surface area contributed by atoms with E-state index in [0.717, 1.165) is 47.1 Å². The Morgan fingerprint density at radius 3 is 1.78 bits per heavy atom. The van der Waals surface area contributed by atoms with E-state index < -0.39 is 13.7 Å². The van der Waals surface area contributed by atoms with E-state index in [1.54, 1.807) is 21.3 Å². The van der Waals surface area contributed by atoms with Crippen LogP contribution in [0.1, 0.15) is 79.7 Å². The van der Waals surface area contributed by atoms with E-state index in [1.807, 2.05) is 6.07 Å². The molecular weight excluding hydrogens is 416 g/mol. The van der Waals surface area contributed by atoms with Crippen molar-refractivity contribution in [2.45, 2.75) is 96.4 Å². The zero-order valence-corrected chi connectivity index (χ0v) is 22.9. The second-order valence-electron chi connectivity index (χ2n) is 10.2. The summed E-state index contributed by atoms with van der Waals surface area (Å²) in [7, 11) is 2.88. The Hall–Kier alpha value is -1.59. The van der Waals surface area contributed by atoms with Gasteiger partial charge in [-0.3, -0.25) is 4.79 Å². The number of hydrogen-bond acceptors (Lipinski definition) is 4. The van der Waals surface area contributed by atoms with E-state index in [0.29, 0.717) is 23.0 Å². The molecule has 5 heteroatoms. The van der Waals surface area contributed by atoms with Crippen LogP contribution in [0.4, 0.5) is 0 Å². The van der Waals surface area contributed by atoms with Crippen LogP contribution in [0, 0.1) is 0 Å². The maximum Gasteiger partial charge on any atom is 0.158 e. The summed E-state index contributed by atoms with van der Waals surface area (Å²) in [6.07, 6.45) is 3.33. The molecule has 0 amide bonds. The number of methoxy groups -OCH3 is 3. The number of Topliss-reactive ketones (excluding diaryl/α,β-unsaturated/α-hetero) is 1. The zero-order chi connectivity index (χ0) is 24.3. The third-order valence-electron chi connectivity index (χ3n) is 7.69. The number of ketones is 1. The first-order valence-corrected chi connectivity index (χ1v) is 14.4. The largest absolute Gasteiger partial charge is 0.497 e. The summed E-state index contributed by atoms with van der Waals surface area (Å²) in [5.74, 6) is 1.75. The van der Waals surface area contributed by atoms with Crippen molar-refractivity contribution in [3.05, 3.63) is 29.0 Å². The standard InChI is InChI=1S/C27H44O4Si/c1-11-12-13-27(31-10)17-24(28)26(32(18(2)3,19(4)5)20(6)7)25(27)21-14-22(29-8)16-23(15-21)30-9/h14-16,18-20H,11-13,17H2,1-10H3. The predicted molar refractivity (Wildman–Crippen MR) is 136 cm³/mol. The van der Waals surface area contributed by atoms with Crippen molar-refractivity contribution in [3.63, 3.8) is 0 Å². The summed E-state index contributed by atoms with van der Waals surface area (Å²) in [5, 5.41) is 1.09. The van der Waals surface area contributed by atoms with Gasteiger partial charge in [-0.25, -0.2) is 0 Å². The van der Waals surface area contributed by atoms with Gasteiger partial charge in [-0.1, -0.05) is 61.3 Å². The molecule has 0 aromatic heterocycles. The van der Waals surface area contributed by atoms with Crippen LogP contribution in [0.25, 0.3) is 5.57 Å². The molecule has 0 spiro atoms. The molecule has 1 aliphatic rings. The molecule has 1 aromatic carbocycles. The Morgan fingerprint density at radius 2 is 1.41 bits per heavy atom. The van der Waals surface area contributed by atoms with E-state index in [2.05, 4.69) is 60.6 Å². The summed E-state index contributed by atoms with van der Waals surface area (Å²) >= 11 is 0. The highest BCUT2D eigenvalue weighted by Crippen LogP contribution is 2.56. The van der Waals surface area contributed by atoms with Crippen LogP contribution in [0.15, 0.2) is 23.4 Å². The molecule has 180 valence electrons. The van der Waals surface area contributed by atoms with Gasteiger partial charge in [-0.2, -0.15) is 0 Å². The number of benzene rings is 1. The van der Waals surface area contributed by atoms with E-state index in [1.165, 1.54) is 0 Å². The van der Waals surface area contributed by atoms with Gasteiger partial charge in [0.25, 0.3) is 0 Å². The van der Waals surface area contributed by atoms with Crippen molar-refractivity contribution in [2.75, 3.05) is 21.3 Å². The molecule has 32 heavy (non-hydrogen) atoms. The number of hydrogen-bond donors (Lipinski definition) is 0. The number of allylic oxidation sites excluding steroid dienone is 1. The first-order valence-electron chi connectivity index (χ1n) is 12.1. The highest BCUT2D eigenvalue weighted by molar-refractivity contribution is 6.94. The second-order valence-corrected chi connectivity index (χ2v) is 16.0. The van der Waals surface area contributed by atoms with Gasteiger partial charge >= 0.3 is 0 Å². The summed E-state index contributed by atoms with van der Waals surface area (Å²) in [6, 6.07) is 5.99. The average Bonchev–Trinajstić information content (AvgIpc) is 3.04. The minimum atomic E-state index is -2.23. The van der Waals surface area contributed by atoms with Crippen LogP contribution in [0.2, 0.25) is 16.6 Å². The van der Waals surface area contributed by atoms with Gasteiger partial charge in [0.1, 0.15) is 17.1 Å². The molecule has 1 atom stereocenters. The van der Waals surface area contributed by atoms with E-state index in [4.69, 9.17) is 14.2 Å². The van der Waals surface area contributed by atoms with E-state index in [9.17, 15) is 4.79 Å². The first kappa shape index (κ1) is 26.7. The Bertz CT molecular complexity index is 796. The van der Waals surface area contributed by atoms with Gasteiger partial charge in [0.2, 0.25) is 0 Å². The zero-order valence-electron chi connectivity index (χ0n) is 21.9. The molecule has 4 nitrogen and oxygen atoms in total. The summed E-state index contributed by atoms with van der Waals surface area (Å²) in [6.45, 7) is 16.1. The minimum absolute atomic E-state index is 0.280. The van der Waals surface area contributed by atoms with Gasteiger partial charge in [0.05, 0.1) is 22.3 Å². The monoisotopic (exact) mass is 460 g/mol. The van der Waals surface area contributed by atoms with Gasteiger partial charge in [-0.05, 0) is 51.5 Å². The molecule has 0 N–H and O–H groups in total. The average molecular weight is 461 g/mol. The molecule has 0 fully saturated rings. The smallest absolute Gasteiger partial charge is 0.158 e. The highest BCUT2D eigenvalue weighted by atomic mass is 28.3. The van der Waals surface area contributed by atoms with Gasteiger partial charge in [0, 0.05) is 19.6 Å². The van der Waals surface area contributed by atoms with Crippen LogP contribution in [-0.2, 0) is 9.53 Å². The fourth-order valence-corrected chi connectivity index (χ4v) is 13.5. The summed E-state index contributed by atoms with van der Waals surface area (Å²) < 4.78 is 17.5. The molecule has 0 aliphatic heterocycles. The van der Waals surface area contributed by atoms with Crippen LogP contribution >= 0.6 is 0 Å². The van der Waals surface area contributed by atoms with Crippen molar-refractivity contribution in [1.82, 2.24) is 0 Å². The molecule has 1 aromatic rings. The normalized spacial score (nSPS) is 19.6. The maximum absolute atomic E-state index is 14.0. The summed E-state index contributed by atoms with van der Waals surface area (Å²) in [4.78, 5) is 14.0. The minimum Gasteiger partial charge on any atom is -0.497 e. The fourth-order valence-electron chi connectivity index (χ4n) is 6.44. The van der Waals surface area contributed by atoms with Crippen molar-refractivity contribution in [1.29, 1.82) is 0 Å². The van der Waals surface area contributed by atoms with Crippen LogP contribution in [-0.4, -0.2) is 40.8 Å². The third kappa shape index (κ3) is 4.43. The molecule has 0 radical (unpaired) electrons. The van der Waals surface area contributed by atoms with Crippen molar-refractivity contribution >= 4 is 19.4 Å². The van der Waals surface area contributed by atoms with Crippen LogP contribution in [0.3, 0.4) is 0 Å². The molecular formula is C27H44O4Si. The molecule has 0 heterocycles. The SMILES string of the molecule is CCCCC1(OC)CC(=O)C([Si](C(C)C)(C(C)C)C(C)C)=C1c1cc(OC)cc(OC)c1. The highest BCUT2D eigenvalue weighted by Gasteiger charge is 2.56. The predicted octanol–water partition coefficient (Wildman–Crippen LogP) is 7.22. The Labute approximate surface area is 196 Å². The first-order chi connectivity index (χ1) is 15.0. The van der Waals surface area contributed by atoms with Gasteiger partial charge < -0.3 is 14.2 Å². The Balaban J connectivity index is 3.04. The number of rotatable bonds is 11. The molecule has 0 bridgehead atoms. The van der Waals surface area contributed by atoms with Crippen molar-refractivity contribution < 1.29 is 19.0 Å². The van der Waals surface area contributed by atoms with E-state index in [-0.39, 0.29) is 5.78 Å². The van der Waals surface area contributed by atoms with Crippen molar-refractivity contribution in [2.24, 2.45) is 0 Å². The van der Waals surface area contributed by atoms with Gasteiger partial charge in [-0.15, -0.1) is 0 Å². The number of carbonyl (C=O) groups excluding carboxylic acids is 1. The summed E-state index contributed by atoms with van der Waals surface area (Å²) in [5.41, 5.74) is 2.79. The topological polar surface area (TPSA) is 44.8 Å². The maximum atomic E-state index is 14.0. The van der Waals surface area contributed by atoms with Gasteiger partial charge in [0.15, 0.2) is 5.78 Å². The third-order valence-corrected chi connectivity index (χ3v) is 14.8. The van der Waals surface area contributed by atoms with E-state index >= 15 is 0 Å². The lowest BCUT2D eigenvalue weighted by atomic mass is 9.85. The lowest BCUT2D eigenvalue weighted by Crippen LogP contribution is -2.48. The van der Waals surface area contributed by atoms with Crippen LogP contribution < -0.4 is 9.47 Å². The lowest BCUT2D eigenvalue weighted by Gasteiger charge is -2.45. The molecule has 0 saturated carbocycles. The number of carbonyl (C=O) groups is 1. The van der Waals surface area contributed by atoms with Crippen molar-refractivity contribution in [3.8, 4) is 11.5 Å². The van der Waals surface area contributed by atoms with Crippen LogP contribution in [0.5, 0.6) is 11.5 Å². The lowest BCUT2D eigenvalue weighted by molar-refractivity contribution is -0.117. The molecule has 0 saturated heterocycles. The number of ether oxygens (including phenoxy) is 3. The molecule has 2 rings (SSSR count). The quantitative estimate of drug-likeness (QED) is 0.327. The number of unbranched alkanes of at least 4 members (excludes halogenated alkanes) is 1. The Kier molecular flexibility index (Phi) is 8.80.